The Morgan fingerprint density at radius 1 is 1.69 bits per heavy atom. The minimum absolute atomic E-state index is 0.0378. The van der Waals surface area contributed by atoms with Crippen molar-refractivity contribution in [2.24, 2.45) is 0 Å². The quantitative estimate of drug-likeness (QED) is 0.642. The predicted molar refractivity (Wildman–Crippen MR) is 58.2 cm³/mol. The monoisotopic (exact) mass is 221 g/mol. The smallest absolute Gasteiger partial charge is 0.240 e. The molecule has 0 radical (unpaired) electrons. The highest BCUT2D eigenvalue weighted by atomic mass is 16.1. The zero-order chi connectivity index (χ0) is 11.8. The second kappa shape index (κ2) is 6.58. The van der Waals surface area contributed by atoms with Crippen LogP contribution >= 0.6 is 0 Å². The van der Waals surface area contributed by atoms with E-state index in [-0.39, 0.29) is 19.0 Å². The Balaban J connectivity index is 2.50. The summed E-state index contributed by atoms with van der Waals surface area (Å²) in [5.41, 5.74) is 0. The van der Waals surface area contributed by atoms with E-state index in [1.54, 1.807) is 17.0 Å². The minimum Gasteiger partial charge on any atom is -0.341 e. The van der Waals surface area contributed by atoms with Crippen molar-refractivity contribution < 1.29 is 4.79 Å². The molecule has 0 unspecified atom stereocenters. The molecule has 6 nitrogen and oxygen atoms in total. The van der Waals surface area contributed by atoms with Crippen LogP contribution < -0.4 is 10.6 Å². The van der Waals surface area contributed by atoms with E-state index in [1.807, 2.05) is 13.0 Å². The molecule has 0 fully saturated rings. The van der Waals surface area contributed by atoms with Crippen LogP contribution in [0.5, 0.6) is 0 Å². The maximum atomic E-state index is 11.4. The largest absolute Gasteiger partial charge is 0.341 e. The van der Waals surface area contributed by atoms with Gasteiger partial charge in [0.05, 0.1) is 12.6 Å². The summed E-state index contributed by atoms with van der Waals surface area (Å²) in [5.74, 6) is 0.631. The van der Waals surface area contributed by atoms with Gasteiger partial charge in [-0.25, -0.2) is 4.98 Å². The fraction of sp³-hybridized carbons (Fsp3) is 0.500. The number of imidazole rings is 1. The molecule has 0 aliphatic carbocycles. The van der Waals surface area contributed by atoms with Crippen LogP contribution in [0.3, 0.4) is 0 Å². The molecule has 0 aromatic carbocycles. The highest BCUT2D eigenvalue weighted by Crippen LogP contribution is 1.96. The standard InChI is InChI=1S/C10H15N5O/c1-2-12-7-9-13-5-6-15(9)8-10(16)14-4-3-11/h5-6,12H,2,4,7-8H2,1H3,(H,14,16). The molecule has 0 aliphatic rings. The van der Waals surface area contributed by atoms with Gasteiger partial charge in [0.1, 0.15) is 18.9 Å². The van der Waals surface area contributed by atoms with Gasteiger partial charge in [0.2, 0.25) is 5.91 Å². The predicted octanol–water partition coefficient (Wildman–Crippen LogP) is -0.368. The molecule has 6 heteroatoms. The number of nitrogens with zero attached hydrogens (tertiary/aromatic N) is 3. The summed E-state index contributed by atoms with van der Waals surface area (Å²) in [4.78, 5) is 15.5. The van der Waals surface area contributed by atoms with Crippen LogP contribution in [0.2, 0.25) is 0 Å². The van der Waals surface area contributed by atoms with Gasteiger partial charge in [0.15, 0.2) is 0 Å². The van der Waals surface area contributed by atoms with Crippen molar-refractivity contribution in [1.29, 1.82) is 5.26 Å². The minimum atomic E-state index is -0.183. The van der Waals surface area contributed by atoms with E-state index in [2.05, 4.69) is 15.6 Å². The number of amides is 1. The molecule has 1 aromatic heterocycles. The molecule has 0 saturated carbocycles. The maximum Gasteiger partial charge on any atom is 0.240 e. The van der Waals surface area contributed by atoms with E-state index in [1.165, 1.54) is 0 Å². The van der Waals surface area contributed by atoms with E-state index in [0.29, 0.717) is 6.54 Å². The van der Waals surface area contributed by atoms with Gasteiger partial charge in [-0.15, -0.1) is 0 Å². The van der Waals surface area contributed by atoms with Crippen LogP contribution in [0.4, 0.5) is 0 Å². The fourth-order valence-electron chi connectivity index (χ4n) is 1.24. The SMILES string of the molecule is CCNCc1nccn1CC(=O)NCC#N. The lowest BCUT2D eigenvalue weighted by atomic mass is 10.5. The summed E-state index contributed by atoms with van der Waals surface area (Å²) < 4.78 is 1.76. The number of nitrogens with one attached hydrogen (secondary N) is 2. The zero-order valence-corrected chi connectivity index (χ0v) is 9.23. The van der Waals surface area contributed by atoms with Crippen molar-refractivity contribution >= 4 is 5.91 Å². The average molecular weight is 221 g/mol. The van der Waals surface area contributed by atoms with Crippen LogP contribution in [-0.2, 0) is 17.9 Å². The average Bonchev–Trinajstić information content (AvgIpc) is 2.71. The van der Waals surface area contributed by atoms with Gasteiger partial charge < -0.3 is 15.2 Å². The van der Waals surface area contributed by atoms with Crippen LogP contribution in [-0.4, -0.2) is 28.5 Å². The van der Waals surface area contributed by atoms with Crippen molar-refractivity contribution in [3.05, 3.63) is 18.2 Å². The number of rotatable bonds is 6. The number of hydrogen-bond acceptors (Lipinski definition) is 4. The van der Waals surface area contributed by atoms with Crippen molar-refractivity contribution in [2.45, 2.75) is 20.0 Å². The summed E-state index contributed by atoms with van der Waals surface area (Å²) in [6, 6.07) is 1.86. The summed E-state index contributed by atoms with van der Waals surface area (Å²) in [7, 11) is 0. The van der Waals surface area contributed by atoms with Gasteiger partial charge in [-0.1, -0.05) is 6.92 Å². The van der Waals surface area contributed by atoms with Gasteiger partial charge >= 0.3 is 0 Å². The Morgan fingerprint density at radius 2 is 2.50 bits per heavy atom. The molecular weight excluding hydrogens is 206 g/mol. The first-order chi connectivity index (χ1) is 7.77. The van der Waals surface area contributed by atoms with Crippen LogP contribution in [0.1, 0.15) is 12.7 Å². The Bertz CT molecular complexity index is 379. The summed E-state index contributed by atoms with van der Waals surface area (Å²) in [6.45, 7) is 3.73. The molecule has 0 spiro atoms. The summed E-state index contributed by atoms with van der Waals surface area (Å²) >= 11 is 0. The molecule has 2 N–H and O–H groups in total. The number of carbonyl (C=O) groups excluding carboxylic acids is 1. The highest BCUT2D eigenvalue weighted by molar-refractivity contribution is 5.75. The molecule has 1 aromatic rings. The van der Waals surface area contributed by atoms with Gasteiger partial charge in [-0.2, -0.15) is 5.26 Å². The Kier molecular flexibility index (Phi) is 5.02. The lowest BCUT2D eigenvalue weighted by Crippen LogP contribution is -2.29. The number of nitriles is 1. The Hall–Kier alpha value is -1.87. The topological polar surface area (TPSA) is 82.7 Å². The molecule has 1 amide bonds. The lowest BCUT2D eigenvalue weighted by Gasteiger charge is -2.07. The third kappa shape index (κ3) is 3.71. The number of aromatic nitrogens is 2. The second-order valence-corrected chi connectivity index (χ2v) is 3.19. The molecule has 0 saturated heterocycles. The highest BCUT2D eigenvalue weighted by Gasteiger charge is 2.06. The number of carbonyl (C=O) groups is 1. The first kappa shape index (κ1) is 12.2. The van der Waals surface area contributed by atoms with Crippen molar-refractivity contribution in [1.82, 2.24) is 20.2 Å². The number of hydrogen-bond donors (Lipinski definition) is 2. The molecule has 16 heavy (non-hydrogen) atoms. The molecule has 86 valence electrons. The molecule has 1 rings (SSSR count). The first-order valence-electron chi connectivity index (χ1n) is 5.12. The normalized spacial score (nSPS) is 9.75. The fourth-order valence-corrected chi connectivity index (χ4v) is 1.24. The van der Waals surface area contributed by atoms with Crippen molar-refractivity contribution in [3.8, 4) is 6.07 Å². The third-order valence-electron chi connectivity index (χ3n) is 2.01. The summed E-state index contributed by atoms with van der Waals surface area (Å²) in [5, 5.41) is 13.9. The van der Waals surface area contributed by atoms with E-state index in [0.717, 1.165) is 12.4 Å². The van der Waals surface area contributed by atoms with E-state index in [9.17, 15) is 4.79 Å². The van der Waals surface area contributed by atoms with E-state index >= 15 is 0 Å². The van der Waals surface area contributed by atoms with Gasteiger partial charge in [-0.05, 0) is 6.54 Å². The molecule has 0 bridgehead atoms. The van der Waals surface area contributed by atoms with Crippen LogP contribution in [0.25, 0.3) is 0 Å². The molecule has 0 atom stereocenters. The van der Waals surface area contributed by atoms with Crippen molar-refractivity contribution in [2.75, 3.05) is 13.1 Å². The van der Waals surface area contributed by atoms with Gasteiger partial charge in [-0.3, -0.25) is 4.79 Å². The van der Waals surface area contributed by atoms with E-state index < -0.39 is 0 Å². The first-order valence-corrected chi connectivity index (χ1v) is 5.12. The molecule has 0 aliphatic heterocycles. The van der Waals surface area contributed by atoms with E-state index in [4.69, 9.17) is 5.26 Å². The van der Waals surface area contributed by atoms with Gasteiger partial charge in [0.25, 0.3) is 0 Å². The van der Waals surface area contributed by atoms with Gasteiger partial charge in [0, 0.05) is 12.4 Å². The Labute approximate surface area is 94.3 Å². The molecular formula is C10H15N5O. The maximum absolute atomic E-state index is 11.4. The van der Waals surface area contributed by atoms with Crippen LogP contribution in [0.15, 0.2) is 12.4 Å². The van der Waals surface area contributed by atoms with Crippen molar-refractivity contribution in [3.63, 3.8) is 0 Å². The third-order valence-corrected chi connectivity index (χ3v) is 2.01. The lowest BCUT2D eigenvalue weighted by molar-refractivity contribution is -0.121. The summed E-state index contributed by atoms with van der Waals surface area (Å²) in [6.07, 6.45) is 3.41. The Morgan fingerprint density at radius 3 is 3.19 bits per heavy atom. The molecule has 1 heterocycles. The zero-order valence-electron chi connectivity index (χ0n) is 9.23. The van der Waals surface area contributed by atoms with Crippen LogP contribution in [0, 0.1) is 11.3 Å². The second-order valence-electron chi connectivity index (χ2n) is 3.19.